The fourth-order valence-corrected chi connectivity index (χ4v) is 2.40. The third kappa shape index (κ3) is 3.47. The first-order valence-corrected chi connectivity index (χ1v) is 6.77. The molecule has 1 aliphatic rings. The molecule has 98 valence electrons. The summed E-state index contributed by atoms with van der Waals surface area (Å²) in [6.07, 6.45) is 2.83. The number of hydrogen-bond donors (Lipinski definition) is 1. The van der Waals surface area contributed by atoms with Crippen LogP contribution in [0.2, 0.25) is 5.02 Å². The molecule has 1 aromatic rings. The highest BCUT2D eigenvalue weighted by Crippen LogP contribution is 2.21. The predicted molar refractivity (Wildman–Crippen MR) is 75.1 cm³/mol. The fraction of sp³-hybridized carbons (Fsp3) is 0.500. The van der Waals surface area contributed by atoms with Crippen molar-refractivity contribution < 1.29 is 4.79 Å². The smallest absolute Gasteiger partial charge is 0.226 e. The number of benzene rings is 1. The molecule has 1 aromatic carbocycles. The number of nitrogens with zero attached hydrogens (tertiary/aromatic N) is 1. The Kier molecular flexibility index (Phi) is 4.61. The number of hydrogen-bond acceptors (Lipinski definition) is 2. The van der Waals surface area contributed by atoms with Gasteiger partial charge in [0.1, 0.15) is 0 Å². The number of anilines is 1. The van der Waals surface area contributed by atoms with E-state index in [2.05, 4.69) is 5.32 Å². The van der Waals surface area contributed by atoms with Crippen LogP contribution in [0.3, 0.4) is 0 Å². The highest BCUT2D eigenvalue weighted by Gasteiger charge is 2.19. The summed E-state index contributed by atoms with van der Waals surface area (Å²) in [7, 11) is 1.83. The second-order valence-corrected chi connectivity index (χ2v) is 5.26. The van der Waals surface area contributed by atoms with Crippen LogP contribution in [0.1, 0.15) is 19.3 Å². The summed E-state index contributed by atoms with van der Waals surface area (Å²) in [4.78, 5) is 13.9. The van der Waals surface area contributed by atoms with Crippen molar-refractivity contribution in [3.63, 3.8) is 0 Å². The van der Waals surface area contributed by atoms with Crippen molar-refractivity contribution in [1.82, 2.24) is 5.32 Å². The molecule has 2 rings (SSSR count). The minimum Gasteiger partial charge on any atom is -0.317 e. The van der Waals surface area contributed by atoms with E-state index >= 15 is 0 Å². The summed E-state index contributed by atoms with van der Waals surface area (Å²) in [5.41, 5.74) is 0.901. The molecule has 1 heterocycles. The van der Waals surface area contributed by atoms with E-state index in [4.69, 9.17) is 11.6 Å². The van der Waals surface area contributed by atoms with Crippen molar-refractivity contribution >= 4 is 23.2 Å². The first-order valence-electron chi connectivity index (χ1n) is 6.39. The largest absolute Gasteiger partial charge is 0.317 e. The molecule has 18 heavy (non-hydrogen) atoms. The lowest BCUT2D eigenvalue weighted by atomic mass is 9.94. The Morgan fingerprint density at radius 1 is 1.33 bits per heavy atom. The van der Waals surface area contributed by atoms with Crippen molar-refractivity contribution in [1.29, 1.82) is 0 Å². The molecule has 0 unspecified atom stereocenters. The molecule has 4 heteroatoms. The Morgan fingerprint density at radius 2 is 1.94 bits per heavy atom. The predicted octanol–water partition coefficient (Wildman–Crippen LogP) is 2.69. The number of halogens is 1. The van der Waals surface area contributed by atoms with Crippen LogP contribution in [0.15, 0.2) is 24.3 Å². The second-order valence-electron chi connectivity index (χ2n) is 4.83. The van der Waals surface area contributed by atoms with Crippen molar-refractivity contribution in [2.24, 2.45) is 5.92 Å². The topological polar surface area (TPSA) is 32.3 Å². The molecule has 0 aliphatic carbocycles. The van der Waals surface area contributed by atoms with Crippen LogP contribution < -0.4 is 10.2 Å². The fourth-order valence-electron chi connectivity index (χ4n) is 2.28. The maximum Gasteiger partial charge on any atom is 0.226 e. The molecular formula is C14H19ClN2O. The zero-order valence-electron chi connectivity index (χ0n) is 10.7. The molecule has 0 atom stereocenters. The van der Waals surface area contributed by atoms with Crippen molar-refractivity contribution in [3.05, 3.63) is 29.3 Å². The number of rotatable bonds is 3. The quantitative estimate of drug-likeness (QED) is 0.912. The Hall–Kier alpha value is -1.06. The first-order chi connectivity index (χ1) is 8.66. The van der Waals surface area contributed by atoms with E-state index in [1.54, 1.807) is 4.90 Å². The number of piperidine rings is 1. The average molecular weight is 267 g/mol. The Morgan fingerprint density at radius 3 is 2.56 bits per heavy atom. The van der Waals surface area contributed by atoms with E-state index in [9.17, 15) is 4.79 Å². The summed E-state index contributed by atoms with van der Waals surface area (Å²) < 4.78 is 0. The van der Waals surface area contributed by atoms with Crippen LogP contribution in [0.4, 0.5) is 5.69 Å². The van der Waals surface area contributed by atoms with Gasteiger partial charge in [-0.2, -0.15) is 0 Å². The van der Waals surface area contributed by atoms with Gasteiger partial charge in [0.15, 0.2) is 0 Å². The SMILES string of the molecule is CN(C(=O)CC1CCNCC1)c1ccc(Cl)cc1. The Bertz CT molecular complexity index is 399. The minimum atomic E-state index is 0.184. The number of carbonyl (C=O) groups is 1. The van der Waals surface area contributed by atoms with Gasteiger partial charge in [-0.15, -0.1) is 0 Å². The van der Waals surface area contributed by atoms with E-state index in [-0.39, 0.29) is 5.91 Å². The van der Waals surface area contributed by atoms with Gasteiger partial charge in [-0.25, -0.2) is 0 Å². The lowest BCUT2D eigenvalue weighted by molar-refractivity contribution is -0.119. The molecule has 1 saturated heterocycles. The van der Waals surface area contributed by atoms with Crippen molar-refractivity contribution in [2.45, 2.75) is 19.3 Å². The Balaban J connectivity index is 1.93. The van der Waals surface area contributed by atoms with Crippen LogP contribution in [-0.4, -0.2) is 26.0 Å². The molecule has 0 radical (unpaired) electrons. The molecule has 0 aromatic heterocycles. The molecular weight excluding hydrogens is 248 g/mol. The van der Waals surface area contributed by atoms with Gasteiger partial charge in [0.2, 0.25) is 5.91 Å². The van der Waals surface area contributed by atoms with Crippen molar-refractivity contribution in [3.8, 4) is 0 Å². The molecule has 1 amide bonds. The molecule has 3 nitrogen and oxygen atoms in total. The maximum absolute atomic E-state index is 12.2. The third-order valence-corrected chi connectivity index (χ3v) is 3.76. The van der Waals surface area contributed by atoms with Gasteiger partial charge in [0, 0.05) is 24.2 Å². The molecule has 1 N–H and O–H groups in total. The summed E-state index contributed by atoms with van der Waals surface area (Å²) in [5, 5.41) is 4.01. The monoisotopic (exact) mass is 266 g/mol. The van der Waals surface area contributed by atoms with Gasteiger partial charge < -0.3 is 10.2 Å². The van der Waals surface area contributed by atoms with Crippen molar-refractivity contribution in [2.75, 3.05) is 25.0 Å². The summed E-state index contributed by atoms with van der Waals surface area (Å²) >= 11 is 5.84. The van der Waals surface area contributed by atoms with E-state index < -0.39 is 0 Å². The van der Waals surface area contributed by atoms with E-state index in [0.29, 0.717) is 17.4 Å². The van der Waals surface area contributed by atoms with Gasteiger partial charge >= 0.3 is 0 Å². The normalized spacial score (nSPS) is 16.6. The third-order valence-electron chi connectivity index (χ3n) is 3.51. The molecule has 0 saturated carbocycles. The zero-order chi connectivity index (χ0) is 13.0. The van der Waals surface area contributed by atoms with Gasteiger partial charge in [-0.05, 0) is 56.1 Å². The molecule has 0 spiro atoms. The van der Waals surface area contributed by atoms with Crippen LogP contribution in [0.5, 0.6) is 0 Å². The number of carbonyl (C=O) groups excluding carboxylic acids is 1. The first kappa shape index (κ1) is 13.4. The van der Waals surface area contributed by atoms with E-state index in [0.717, 1.165) is 31.6 Å². The maximum atomic E-state index is 12.2. The zero-order valence-corrected chi connectivity index (χ0v) is 11.4. The number of nitrogens with one attached hydrogen (secondary N) is 1. The molecule has 0 bridgehead atoms. The van der Waals surface area contributed by atoms with Gasteiger partial charge in [-0.3, -0.25) is 4.79 Å². The Labute approximate surface area is 113 Å². The van der Waals surface area contributed by atoms with Crippen LogP contribution in [-0.2, 0) is 4.79 Å². The summed E-state index contributed by atoms with van der Waals surface area (Å²) in [5.74, 6) is 0.706. The second kappa shape index (κ2) is 6.21. The lowest BCUT2D eigenvalue weighted by Gasteiger charge is -2.25. The lowest BCUT2D eigenvalue weighted by Crippen LogP contribution is -2.33. The van der Waals surface area contributed by atoms with Gasteiger partial charge in [0.25, 0.3) is 0 Å². The van der Waals surface area contributed by atoms with Crippen LogP contribution in [0.25, 0.3) is 0 Å². The van der Waals surface area contributed by atoms with Gasteiger partial charge in [-0.1, -0.05) is 11.6 Å². The minimum absolute atomic E-state index is 0.184. The highest BCUT2D eigenvalue weighted by molar-refractivity contribution is 6.30. The highest BCUT2D eigenvalue weighted by atomic mass is 35.5. The summed E-state index contributed by atoms with van der Waals surface area (Å²) in [6.45, 7) is 2.06. The van der Waals surface area contributed by atoms with Crippen LogP contribution >= 0.6 is 11.6 Å². The number of amides is 1. The summed E-state index contributed by atoms with van der Waals surface area (Å²) in [6, 6.07) is 7.38. The standard InChI is InChI=1S/C14H19ClN2O/c1-17(13-4-2-12(15)3-5-13)14(18)10-11-6-8-16-9-7-11/h2-5,11,16H,6-10H2,1H3. The van der Waals surface area contributed by atoms with E-state index in [1.165, 1.54) is 0 Å². The average Bonchev–Trinajstić information content (AvgIpc) is 2.40. The van der Waals surface area contributed by atoms with E-state index in [1.807, 2.05) is 31.3 Å². The van der Waals surface area contributed by atoms with Crippen LogP contribution in [0, 0.1) is 5.92 Å². The molecule has 1 aliphatic heterocycles. The molecule has 1 fully saturated rings. The van der Waals surface area contributed by atoms with Gasteiger partial charge in [0.05, 0.1) is 0 Å².